The fourth-order valence-corrected chi connectivity index (χ4v) is 5.26. The lowest BCUT2D eigenvalue weighted by Crippen LogP contribution is -2.26. The van der Waals surface area contributed by atoms with Crippen molar-refractivity contribution in [2.45, 2.75) is 43.3 Å². The Hall–Kier alpha value is -4.27. The fraction of sp³-hybridized carbons (Fsp3) is 0.357. The molecule has 43 heavy (non-hydrogen) atoms. The lowest BCUT2D eigenvalue weighted by Gasteiger charge is -2.25. The number of hydrogen-bond acceptors (Lipinski definition) is 9. The molecule has 1 saturated carbocycles. The second kappa shape index (κ2) is 10.8. The van der Waals surface area contributed by atoms with E-state index in [0.29, 0.717) is 39.4 Å². The smallest absolute Gasteiger partial charge is 0.434 e. The van der Waals surface area contributed by atoms with E-state index in [0.717, 1.165) is 29.3 Å². The molecule has 10 nitrogen and oxygen atoms in total. The van der Waals surface area contributed by atoms with Crippen LogP contribution in [-0.4, -0.2) is 60.2 Å². The average Bonchev–Trinajstić information content (AvgIpc) is 3.64. The molecule has 6 rings (SSSR count). The van der Waals surface area contributed by atoms with Gasteiger partial charge in [0.15, 0.2) is 17.2 Å². The molecule has 224 valence electrons. The summed E-state index contributed by atoms with van der Waals surface area (Å²) in [6.07, 6.45) is 1.22. The van der Waals surface area contributed by atoms with E-state index in [1.165, 1.54) is 20.5 Å². The highest BCUT2D eigenvalue weighted by atomic mass is 32.1. The van der Waals surface area contributed by atoms with Crippen LogP contribution in [0.15, 0.2) is 43.0 Å². The first-order valence-corrected chi connectivity index (χ1v) is 13.7. The second-order valence-corrected chi connectivity index (χ2v) is 11.1. The van der Waals surface area contributed by atoms with Crippen molar-refractivity contribution in [2.75, 3.05) is 20.9 Å². The van der Waals surface area contributed by atoms with E-state index >= 15 is 0 Å². The molecule has 1 aliphatic carbocycles. The van der Waals surface area contributed by atoms with Crippen molar-refractivity contribution >= 4 is 23.7 Å². The van der Waals surface area contributed by atoms with Crippen molar-refractivity contribution in [1.82, 2.24) is 39.3 Å². The van der Waals surface area contributed by atoms with Crippen LogP contribution >= 0.6 is 12.6 Å². The second-order valence-electron chi connectivity index (χ2n) is 10.2. The molecule has 4 aromatic heterocycles. The van der Waals surface area contributed by atoms with Gasteiger partial charge >= 0.3 is 6.18 Å². The van der Waals surface area contributed by atoms with Crippen LogP contribution in [0.2, 0.25) is 0 Å². The summed E-state index contributed by atoms with van der Waals surface area (Å²) in [4.78, 5) is 20.8. The summed E-state index contributed by atoms with van der Waals surface area (Å²) < 4.78 is 66.9. The van der Waals surface area contributed by atoms with Crippen molar-refractivity contribution in [3.05, 3.63) is 59.9 Å². The quantitative estimate of drug-likeness (QED) is 0.167. The van der Waals surface area contributed by atoms with Crippen LogP contribution in [-0.2, 0) is 17.6 Å². The molecule has 0 aliphatic heterocycles. The summed E-state index contributed by atoms with van der Waals surface area (Å²) in [6.45, 7) is 0.701. The molecule has 15 heteroatoms. The molecular weight excluding hydrogens is 588 g/mol. The van der Waals surface area contributed by atoms with E-state index in [1.807, 2.05) is 0 Å². The molecule has 0 radical (unpaired) electrons. The van der Waals surface area contributed by atoms with Gasteiger partial charge in [0.1, 0.15) is 34.6 Å². The highest BCUT2D eigenvalue weighted by molar-refractivity contribution is 7.81. The average molecular weight is 615 g/mol. The first-order chi connectivity index (χ1) is 20.6. The number of thiol groups is 1. The lowest BCUT2D eigenvalue weighted by molar-refractivity contribution is -0.140. The number of halogens is 4. The van der Waals surface area contributed by atoms with Crippen molar-refractivity contribution in [2.24, 2.45) is 0 Å². The van der Waals surface area contributed by atoms with Gasteiger partial charge in [-0.25, -0.2) is 34.0 Å². The Labute approximate surface area is 248 Å². The number of benzene rings is 1. The number of hydrogen-bond donors (Lipinski definition) is 1. The first kappa shape index (κ1) is 28.8. The third kappa shape index (κ3) is 5.15. The summed E-state index contributed by atoms with van der Waals surface area (Å²) in [5.74, 6) is 1.28. The number of fused-ring (bicyclic) bond motifs is 1. The monoisotopic (exact) mass is 614 g/mol. The molecule has 1 aliphatic rings. The van der Waals surface area contributed by atoms with Crippen LogP contribution in [0.5, 0.6) is 11.8 Å². The van der Waals surface area contributed by atoms with Crippen molar-refractivity contribution in [3.63, 3.8) is 0 Å². The molecule has 5 aromatic rings. The van der Waals surface area contributed by atoms with Gasteiger partial charge < -0.3 is 14.0 Å². The molecule has 0 unspecified atom stereocenters. The Balaban J connectivity index is 1.43. The minimum absolute atomic E-state index is 0.00600. The summed E-state index contributed by atoms with van der Waals surface area (Å²) in [6, 6.07) is 6.62. The van der Waals surface area contributed by atoms with Crippen LogP contribution in [0.25, 0.3) is 33.8 Å². The predicted octanol–water partition coefficient (Wildman–Crippen LogP) is 5.68. The number of rotatable bonds is 9. The van der Waals surface area contributed by atoms with E-state index in [1.54, 1.807) is 42.1 Å². The number of nitrogens with zero attached hydrogens (tertiary/aromatic N) is 8. The maximum atomic E-state index is 13.3. The number of aryl methyl sites for hydroxylation is 1. The Morgan fingerprint density at radius 2 is 1.72 bits per heavy atom. The normalized spacial score (nSPS) is 15.1. The molecular formula is C28H26F4N8O2S. The Morgan fingerprint density at radius 3 is 2.35 bits per heavy atom. The number of aromatic nitrogens is 8. The molecule has 0 N–H and O–H groups in total. The first-order valence-electron chi connectivity index (χ1n) is 13.3. The SMILES string of the molecule is COc1ncnc(C2CC2)c1-c1ncc2c(OC)nn([C@@](C)(S)c3ccc(-c4nc(C(F)(F)F)cn4CCF)cc3)c2n1. The van der Waals surface area contributed by atoms with Crippen LogP contribution in [0.4, 0.5) is 17.6 Å². The van der Waals surface area contributed by atoms with Gasteiger partial charge in [-0.15, -0.1) is 17.7 Å². The van der Waals surface area contributed by atoms with Gasteiger partial charge in [0.2, 0.25) is 11.8 Å². The zero-order valence-corrected chi connectivity index (χ0v) is 24.2. The summed E-state index contributed by atoms with van der Waals surface area (Å²) in [5, 5.41) is 5.16. The number of alkyl halides is 4. The topological polar surface area (TPSA) is 106 Å². The maximum Gasteiger partial charge on any atom is 0.434 e. The highest BCUT2D eigenvalue weighted by Gasteiger charge is 2.36. The number of imidazole rings is 1. The van der Waals surface area contributed by atoms with E-state index < -0.39 is 23.4 Å². The third-order valence-corrected chi connectivity index (χ3v) is 7.75. The zero-order chi connectivity index (χ0) is 30.5. The van der Waals surface area contributed by atoms with E-state index in [4.69, 9.17) is 27.1 Å². The van der Waals surface area contributed by atoms with Gasteiger partial charge in [-0.2, -0.15) is 13.2 Å². The maximum absolute atomic E-state index is 13.3. The fourth-order valence-electron chi connectivity index (χ4n) is 4.97. The van der Waals surface area contributed by atoms with Gasteiger partial charge in [-0.05, 0) is 25.3 Å². The molecule has 1 aromatic carbocycles. The molecule has 0 bridgehead atoms. The van der Waals surface area contributed by atoms with Gasteiger partial charge in [0.05, 0.1) is 26.5 Å². The zero-order valence-electron chi connectivity index (χ0n) is 23.3. The van der Waals surface area contributed by atoms with Crippen LogP contribution < -0.4 is 9.47 Å². The number of methoxy groups -OCH3 is 2. The molecule has 4 heterocycles. The molecule has 0 saturated heterocycles. The summed E-state index contributed by atoms with van der Waals surface area (Å²) in [5.41, 5.74) is 1.78. The van der Waals surface area contributed by atoms with Crippen LogP contribution in [0, 0.1) is 0 Å². The molecule has 1 atom stereocenters. The van der Waals surface area contributed by atoms with Crippen molar-refractivity contribution in [3.8, 4) is 34.5 Å². The number of ether oxygens (including phenoxy) is 2. The van der Waals surface area contributed by atoms with E-state index in [-0.39, 0.29) is 24.2 Å². The van der Waals surface area contributed by atoms with Gasteiger partial charge in [0.25, 0.3) is 0 Å². The minimum atomic E-state index is -4.66. The minimum Gasteiger partial charge on any atom is -0.480 e. The van der Waals surface area contributed by atoms with Gasteiger partial charge in [-0.3, -0.25) is 0 Å². The van der Waals surface area contributed by atoms with Crippen molar-refractivity contribution in [1.29, 1.82) is 0 Å². The Bertz CT molecular complexity index is 1800. The van der Waals surface area contributed by atoms with Gasteiger partial charge in [0, 0.05) is 23.9 Å². The third-order valence-electron chi connectivity index (χ3n) is 7.30. The van der Waals surface area contributed by atoms with Crippen LogP contribution in [0.3, 0.4) is 0 Å². The largest absolute Gasteiger partial charge is 0.480 e. The molecule has 1 fully saturated rings. The Kier molecular flexibility index (Phi) is 7.22. The molecule has 0 spiro atoms. The highest BCUT2D eigenvalue weighted by Crippen LogP contribution is 2.45. The standard InChI is InChI=1S/C28H26F4N8O2S/c1-27(43,17-8-6-16(7-9-17)23-36-19(28(30,31)32)13-39(23)11-10-29)40-24-18(25(38-40)41-2)12-33-22(37-24)20-21(15-4-5-15)34-14-35-26(20)42-3/h6-9,12-15,43H,4-5,10-11H2,1-3H3/t27-/m0/s1. The summed E-state index contributed by atoms with van der Waals surface area (Å²) >= 11 is 4.95. The van der Waals surface area contributed by atoms with Crippen LogP contribution in [0.1, 0.15) is 42.6 Å². The van der Waals surface area contributed by atoms with Gasteiger partial charge in [-0.1, -0.05) is 24.3 Å². The lowest BCUT2D eigenvalue weighted by atomic mass is 10.0. The van der Waals surface area contributed by atoms with Crippen molar-refractivity contribution < 1.29 is 27.0 Å². The van der Waals surface area contributed by atoms with E-state index in [9.17, 15) is 17.6 Å². The predicted molar refractivity (Wildman–Crippen MR) is 152 cm³/mol. The summed E-state index contributed by atoms with van der Waals surface area (Å²) in [7, 11) is 3.01. The molecule has 0 amide bonds. The van der Waals surface area contributed by atoms with E-state index in [2.05, 4.69) is 25.0 Å². The Morgan fingerprint density at radius 1 is 1.00 bits per heavy atom.